The van der Waals surface area contributed by atoms with Crippen molar-refractivity contribution >= 4 is 47.0 Å². The highest BCUT2D eigenvalue weighted by molar-refractivity contribution is 7.07. The normalized spacial score (nSPS) is 12.3. The first-order chi connectivity index (χ1) is 14.7. The Labute approximate surface area is 188 Å². The van der Waals surface area contributed by atoms with Crippen molar-refractivity contribution in [3.8, 4) is 11.3 Å². The van der Waals surface area contributed by atoms with E-state index in [1.165, 1.54) is 11.3 Å². The highest BCUT2D eigenvalue weighted by atomic mass is 35.5. The van der Waals surface area contributed by atoms with Gasteiger partial charge in [-0.25, -0.2) is 4.68 Å². The van der Waals surface area contributed by atoms with Gasteiger partial charge in [0.05, 0.1) is 18.1 Å². The fourth-order valence-electron chi connectivity index (χ4n) is 2.66. The van der Waals surface area contributed by atoms with Crippen LogP contribution in [0.5, 0.6) is 0 Å². The second-order valence-electron chi connectivity index (χ2n) is 6.27. The van der Waals surface area contributed by atoms with Crippen LogP contribution in [0.1, 0.15) is 11.1 Å². The lowest BCUT2D eigenvalue weighted by Gasteiger charge is -2.03. The maximum Gasteiger partial charge on any atom is 0.231 e. The zero-order chi connectivity index (χ0) is 20.8. The SMILES string of the molecule is Clc1ccc(/C=N/N=c2\scc(-c3ccccc3)n2/N=C/c2ccc(Cl)cc2)cc1. The summed E-state index contributed by atoms with van der Waals surface area (Å²) in [5.74, 6) is 0. The second kappa shape index (κ2) is 9.67. The Bertz CT molecular complexity index is 1240. The average molecular weight is 451 g/mol. The molecule has 4 rings (SSSR count). The van der Waals surface area contributed by atoms with E-state index in [1.54, 1.807) is 17.1 Å². The van der Waals surface area contributed by atoms with Crippen molar-refractivity contribution in [2.75, 3.05) is 0 Å². The third-order valence-electron chi connectivity index (χ3n) is 4.17. The van der Waals surface area contributed by atoms with Crippen molar-refractivity contribution in [1.29, 1.82) is 0 Å². The molecule has 0 saturated carbocycles. The minimum Gasteiger partial charge on any atom is -0.203 e. The molecule has 4 aromatic rings. The van der Waals surface area contributed by atoms with Crippen LogP contribution in [0.4, 0.5) is 0 Å². The Morgan fingerprint density at radius 2 is 1.33 bits per heavy atom. The number of thiazole rings is 1. The standard InChI is InChI=1S/C23H16Cl2N4S/c24-20-10-6-17(7-11-20)14-26-28-23-29(27-15-18-8-12-21(25)13-9-18)22(16-30-23)19-4-2-1-3-5-19/h1-16H/b26-14+,27-15+,28-23-. The maximum atomic E-state index is 5.97. The fourth-order valence-corrected chi connectivity index (χ4v) is 3.70. The number of hydrogen-bond donors (Lipinski definition) is 0. The van der Waals surface area contributed by atoms with Gasteiger partial charge in [-0.1, -0.05) is 77.8 Å². The molecule has 0 N–H and O–H groups in total. The summed E-state index contributed by atoms with van der Waals surface area (Å²) in [6.07, 6.45) is 3.46. The smallest absolute Gasteiger partial charge is 0.203 e. The Morgan fingerprint density at radius 1 is 0.733 bits per heavy atom. The van der Waals surface area contributed by atoms with Gasteiger partial charge < -0.3 is 0 Å². The molecule has 1 aromatic heterocycles. The minimum absolute atomic E-state index is 0.657. The van der Waals surface area contributed by atoms with Crippen molar-refractivity contribution in [2.45, 2.75) is 0 Å². The molecule has 0 aliphatic rings. The molecule has 0 spiro atoms. The highest BCUT2D eigenvalue weighted by Crippen LogP contribution is 2.19. The Balaban J connectivity index is 1.71. The predicted molar refractivity (Wildman–Crippen MR) is 127 cm³/mol. The summed E-state index contributed by atoms with van der Waals surface area (Å²) in [4.78, 5) is 0.657. The van der Waals surface area contributed by atoms with Crippen molar-refractivity contribution in [3.05, 3.63) is 110 Å². The average Bonchev–Trinajstić information content (AvgIpc) is 3.18. The monoisotopic (exact) mass is 450 g/mol. The van der Waals surface area contributed by atoms with Crippen LogP contribution in [0.2, 0.25) is 10.0 Å². The first-order valence-corrected chi connectivity index (χ1v) is 10.7. The fraction of sp³-hybridized carbons (Fsp3) is 0. The van der Waals surface area contributed by atoms with Gasteiger partial charge >= 0.3 is 0 Å². The molecule has 0 radical (unpaired) electrons. The van der Waals surface area contributed by atoms with Crippen molar-refractivity contribution < 1.29 is 0 Å². The number of benzene rings is 3. The van der Waals surface area contributed by atoms with Gasteiger partial charge in [-0.2, -0.15) is 10.2 Å². The van der Waals surface area contributed by atoms with E-state index in [-0.39, 0.29) is 0 Å². The molecule has 0 amide bonds. The lowest BCUT2D eigenvalue weighted by Crippen LogP contribution is -2.11. The van der Waals surface area contributed by atoms with Crippen molar-refractivity contribution in [1.82, 2.24) is 4.68 Å². The summed E-state index contributed by atoms with van der Waals surface area (Å²) in [5, 5.41) is 16.7. The van der Waals surface area contributed by atoms with Crippen LogP contribution in [-0.2, 0) is 0 Å². The molecule has 7 heteroatoms. The van der Waals surface area contributed by atoms with E-state index in [2.05, 4.69) is 15.3 Å². The molecular formula is C23H16Cl2N4S. The topological polar surface area (TPSA) is 42.0 Å². The lowest BCUT2D eigenvalue weighted by molar-refractivity contribution is 0.838. The summed E-state index contributed by atoms with van der Waals surface area (Å²) in [7, 11) is 0. The minimum atomic E-state index is 0.657. The number of aromatic nitrogens is 1. The summed E-state index contributed by atoms with van der Waals surface area (Å²) in [5.41, 5.74) is 3.84. The third kappa shape index (κ3) is 5.13. The van der Waals surface area contributed by atoms with Crippen LogP contribution in [0, 0.1) is 0 Å². The van der Waals surface area contributed by atoms with E-state index >= 15 is 0 Å². The number of halogens is 2. The van der Waals surface area contributed by atoms with Gasteiger partial charge in [0.25, 0.3) is 0 Å². The van der Waals surface area contributed by atoms with Gasteiger partial charge in [0.1, 0.15) is 0 Å². The molecule has 1 heterocycles. The number of rotatable bonds is 5. The molecule has 0 atom stereocenters. The zero-order valence-corrected chi connectivity index (χ0v) is 18.0. The van der Waals surface area contributed by atoms with Gasteiger partial charge in [0, 0.05) is 21.0 Å². The largest absolute Gasteiger partial charge is 0.231 e. The summed E-state index contributed by atoms with van der Waals surface area (Å²) in [6.45, 7) is 0. The van der Waals surface area contributed by atoms with Crippen molar-refractivity contribution in [3.63, 3.8) is 0 Å². The van der Waals surface area contributed by atoms with Gasteiger partial charge in [0.2, 0.25) is 4.80 Å². The van der Waals surface area contributed by atoms with Gasteiger partial charge in [-0.05, 0) is 35.4 Å². The highest BCUT2D eigenvalue weighted by Gasteiger charge is 2.07. The molecule has 30 heavy (non-hydrogen) atoms. The van der Waals surface area contributed by atoms with E-state index in [9.17, 15) is 0 Å². The van der Waals surface area contributed by atoms with E-state index in [1.807, 2.05) is 84.2 Å². The zero-order valence-electron chi connectivity index (χ0n) is 15.7. The third-order valence-corrected chi connectivity index (χ3v) is 5.48. The summed E-state index contributed by atoms with van der Waals surface area (Å²) >= 11 is 13.4. The van der Waals surface area contributed by atoms with Crippen LogP contribution in [-0.4, -0.2) is 17.1 Å². The van der Waals surface area contributed by atoms with Crippen LogP contribution in [0.3, 0.4) is 0 Å². The van der Waals surface area contributed by atoms with Crippen LogP contribution in [0.25, 0.3) is 11.3 Å². The molecule has 0 aliphatic carbocycles. The molecular weight excluding hydrogens is 435 g/mol. The molecule has 0 fully saturated rings. The molecule has 0 bridgehead atoms. The van der Waals surface area contributed by atoms with Crippen molar-refractivity contribution in [2.24, 2.45) is 15.3 Å². The number of nitrogens with zero attached hydrogens (tertiary/aromatic N) is 4. The van der Waals surface area contributed by atoms with E-state index < -0.39 is 0 Å². The first kappa shape index (κ1) is 20.3. The van der Waals surface area contributed by atoms with E-state index in [0.29, 0.717) is 14.8 Å². The van der Waals surface area contributed by atoms with Gasteiger partial charge in [-0.15, -0.1) is 16.4 Å². The Kier molecular flexibility index (Phi) is 6.54. The second-order valence-corrected chi connectivity index (χ2v) is 7.98. The van der Waals surface area contributed by atoms with Gasteiger partial charge in [0.15, 0.2) is 0 Å². The number of hydrogen-bond acceptors (Lipinski definition) is 4. The first-order valence-electron chi connectivity index (χ1n) is 9.07. The molecule has 148 valence electrons. The Hall–Kier alpha value is -2.99. The van der Waals surface area contributed by atoms with E-state index in [0.717, 1.165) is 22.4 Å². The molecule has 4 nitrogen and oxygen atoms in total. The summed E-state index contributed by atoms with van der Waals surface area (Å²) < 4.78 is 1.79. The summed E-state index contributed by atoms with van der Waals surface area (Å²) in [6, 6.07) is 25.0. The van der Waals surface area contributed by atoms with Crippen LogP contribution in [0.15, 0.2) is 99.5 Å². The predicted octanol–water partition coefficient (Wildman–Crippen LogP) is 6.34. The molecule has 0 saturated heterocycles. The molecule has 0 aliphatic heterocycles. The van der Waals surface area contributed by atoms with E-state index in [4.69, 9.17) is 23.2 Å². The molecule has 3 aromatic carbocycles. The van der Waals surface area contributed by atoms with Gasteiger partial charge in [-0.3, -0.25) is 0 Å². The maximum absolute atomic E-state index is 5.97. The molecule has 0 unspecified atom stereocenters. The quantitative estimate of drug-likeness (QED) is 0.251. The lowest BCUT2D eigenvalue weighted by atomic mass is 10.2. The van der Waals surface area contributed by atoms with Crippen LogP contribution < -0.4 is 4.80 Å². The Morgan fingerprint density at radius 3 is 1.97 bits per heavy atom. The van der Waals surface area contributed by atoms with Crippen LogP contribution >= 0.6 is 34.5 Å².